The van der Waals surface area contributed by atoms with Crippen LogP contribution in [0.5, 0.6) is 0 Å². The van der Waals surface area contributed by atoms with Gasteiger partial charge in [-0.2, -0.15) is 0 Å². The first-order chi connectivity index (χ1) is 13.0. The number of carbonyl (C=O) groups is 2. The number of hydrogen-bond donors (Lipinski definition) is 2. The molecule has 0 saturated carbocycles. The van der Waals surface area contributed by atoms with Crippen LogP contribution in [0.4, 0.5) is 5.69 Å². The summed E-state index contributed by atoms with van der Waals surface area (Å²) in [6.45, 7) is 6.03. The first-order valence-electron chi connectivity index (χ1n) is 9.54. The molecule has 3 aliphatic rings. The summed E-state index contributed by atoms with van der Waals surface area (Å²) in [4.78, 5) is 28.5. The standard InChI is InChI=1S/C21H25N3O2S/c1-13-20(15-9-11-24(13)12-10-15)23-21(26)19-8-7-18(27-19)16-5-3-4-6-17(16)22-14(2)25/h3-8,13,15,20H,9-12H2,1-2H3,(H,22,25)(H,23,26). The molecule has 0 radical (unpaired) electrons. The van der Waals surface area contributed by atoms with Crippen molar-refractivity contribution in [1.82, 2.24) is 10.2 Å². The van der Waals surface area contributed by atoms with Crippen molar-refractivity contribution < 1.29 is 9.59 Å². The maximum atomic E-state index is 12.9. The second-order valence-corrected chi connectivity index (χ2v) is 8.59. The molecule has 1 aromatic heterocycles. The third kappa shape index (κ3) is 3.64. The maximum Gasteiger partial charge on any atom is 0.261 e. The van der Waals surface area contributed by atoms with E-state index in [0.717, 1.165) is 29.2 Å². The molecule has 27 heavy (non-hydrogen) atoms. The van der Waals surface area contributed by atoms with Gasteiger partial charge in [0.25, 0.3) is 5.91 Å². The summed E-state index contributed by atoms with van der Waals surface area (Å²) in [5, 5.41) is 6.15. The SMILES string of the molecule is CC(=O)Nc1ccccc1-c1ccc(C(=O)NC2C3CCN(CC3)C2C)s1. The Hall–Kier alpha value is -2.18. The molecule has 2 N–H and O–H groups in total. The van der Waals surface area contributed by atoms with Gasteiger partial charge in [-0.3, -0.25) is 14.5 Å². The number of rotatable bonds is 4. The van der Waals surface area contributed by atoms with Crippen molar-refractivity contribution in [2.24, 2.45) is 5.92 Å². The predicted molar refractivity (Wildman–Crippen MR) is 109 cm³/mol. The van der Waals surface area contributed by atoms with E-state index in [1.54, 1.807) is 0 Å². The van der Waals surface area contributed by atoms with Gasteiger partial charge in [0.2, 0.25) is 5.91 Å². The summed E-state index contributed by atoms with van der Waals surface area (Å²) in [6.07, 6.45) is 2.35. The number of amides is 2. The Labute approximate surface area is 163 Å². The van der Waals surface area contributed by atoms with Crippen LogP contribution in [-0.2, 0) is 4.79 Å². The lowest BCUT2D eigenvalue weighted by Crippen LogP contribution is -2.62. The van der Waals surface area contributed by atoms with Crippen LogP contribution in [0.1, 0.15) is 36.4 Å². The van der Waals surface area contributed by atoms with Gasteiger partial charge < -0.3 is 10.6 Å². The minimum absolute atomic E-state index is 0.00820. The molecule has 2 atom stereocenters. The molecule has 0 spiro atoms. The molecule has 5 nitrogen and oxygen atoms in total. The average molecular weight is 384 g/mol. The highest BCUT2D eigenvalue weighted by Crippen LogP contribution is 2.35. The normalized spacial score (nSPS) is 26.6. The number of nitrogens with one attached hydrogen (secondary N) is 2. The fraction of sp³-hybridized carbons (Fsp3) is 0.429. The number of hydrogen-bond acceptors (Lipinski definition) is 4. The van der Waals surface area contributed by atoms with E-state index in [2.05, 4.69) is 22.5 Å². The third-order valence-electron chi connectivity index (χ3n) is 5.81. The van der Waals surface area contributed by atoms with E-state index in [9.17, 15) is 9.59 Å². The third-order valence-corrected chi connectivity index (χ3v) is 6.93. The summed E-state index contributed by atoms with van der Waals surface area (Å²) >= 11 is 1.47. The molecule has 3 aliphatic heterocycles. The van der Waals surface area contributed by atoms with Gasteiger partial charge in [-0.15, -0.1) is 11.3 Å². The minimum Gasteiger partial charge on any atom is -0.347 e. The number of nitrogens with zero attached hydrogens (tertiary/aromatic N) is 1. The largest absolute Gasteiger partial charge is 0.347 e. The van der Waals surface area contributed by atoms with Crippen LogP contribution in [0.3, 0.4) is 0 Å². The number of anilines is 1. The van der Waals surface area contributed by atoms with Crippen LogP contribution >= 0.6 is 11.3 Å². The topological polar surface area (TPSA) is 61.4 Å². The number of piperidine rings is 3. The van der Waals surface area contributed by atoms with Crippen molar-refractivity contribution in [3.05, 3.63) is 41.3 Å². The number of para-hydroxylation sites is 1. The minimum atomic E-state index is -0.103. The Kier molecular flexibility index (Phi) is 5.02. The summed E-state index contributed by atoms with van der Waals surface area (Å²) in [6, 6.07) is 12.2. The number of carbonyl (C=O) groups excluding carboxylic acids is 2. The Bertz CT molecular complexity index is 853. The van der Waals surface area contributed by atoms with Crippen LogP contribution in [0.2, 0.25) is 0 Å². The first-order valence-corrected chi connectivity index (χ1v) is 10.4. The van der Waals surface area contributed by atoms with Gasteiger partial charge in [0.15, 0.2) is 0 Å². The fourth-order valence-corrected chi connectivity index (χ4v) is 5.32. The zero-order valence-corrected chi connectivity index (χ0v) is 16.5. The summed E-state index contributed by atoms with van der Waals surface area (Å²) in [7, 11) is 0. The summed E-state index contributed by atoms with van der Waals surface area (Å²) in [5.74, 6) is 0.496. The van der Waals surface area contributed by atoms with Crippen molar-refractivity contribution in [3.63, 3.8) is 0 Å². The Morgan fingerprint density at radius 3 is 2.56 bits per heavy atom. The quantitative estimate of drug-likeness (QED) is 0.848. The molecule has 2 aromatic rings. The Morgan fingerprint density at radius 1 is 1.11 bits per heavy atom. The van der Waals surface area contributed by atoms with Gasteiger partial charge in [-0.05, 0) is 57.0 Å². The highest BCUT2D eigenvalue weighted by Gasteiger charge is 2.40. The van der Waals surface area contributed by atoms with Crippen LogP contribution in [0, 0.1) is 5.92 Å². The van der Waals surface area contributed by atoms with E-state index in [1.165, 1.54) is 31.1 Å². The average Bonchev–Trinajstić information content (AvgIpc) is 3.15. The molecule has 142 valence electrons. The molecule has 3 fully saturated rings. The van der Waals surface area contributed by atoms with Gasteiger partial charge in [0.1, 0.15) is 0 Å². The van der Waals surface area contributed by atoms with E-state index in [-0.39, 0.29) is 17.9 Å². The van der Waals surface area contributed by atoms with Gasteiger partial charge in [0, 0.05) is 35.1 Å². The number of thiophene rings is 1. The highest BCUT2D eigenvalue weighted by atomic mass is 32.1. The van der Waals surface area contributed by atoms with Crippen LogP contribution in [0.25, 0.3) is 10.4 Å². The zero-order chi connectivity index (χ0) is 19.0. The van der Waals surface area contributed by atoms with Gasteiger partial charge >= 0.3 is 0 Å². The zero-order valence-electron chi connectivity index (χ0n) is 15.7. The van der Waals surface area contributed by atoms with Crippen molar-refractivity contribution in [2.75, 3.05) is 18.4 Å². The molecule has 6 heteroatoms. The molecule has 0 aliphatic carbocycles. The van der Waals surface area contributed by atoms with E-state index in [0.29, 0.717) is 16.8 Å². The predicted octanol–water partition coefficient (Wildman–Crippen LogP) is 3.59. The first kappa shape index (κ1) is 18.2. The second-order valence-electron chi connectivity index (χ2n) is 7.50. The molecule has 5 rings (SSSR count). The molecular weight excluding hydrogens is 358 g/mol. The van der Waals surface area contributed by atoms with Gasteiger partial charge in [-0.1, -0.05) is 18.2 Å². The molecule has 4 heterocycles. The van der Waals surface area contributed by atoms with E-state index >= 15 is 0 Å². The number of benzene rings is 1. The molecule has 3 saturated heterocycles. The lowest BCUT2D eigenvalue weighted by Gasteiger charge is -2.49. The van der Waals surface area contributed by atoms with Crippen molar-refractivity contribution in [1.29, 1.82) is 0 Å². The van der Waals surface area contributed by atoms with Crippen LogP contribution < -0.4 is 10.6 Å². The lowest BCUT2D eigenvalue weighted by molar-refractivity contribution is -0.114. The van der Waals surface area contributed by atoms with Gasteiger partial charge in [-0.25, -0.2) is 0 Å². The Morgan fingerprint density at radius 2 is 1.85 bits per heavy atom. The highest BCUT2D eigenvalue weighted by molar-refractivity contribution is 7.17. The van der Waals surface area contributed by atoms with E-state index in [1.807, 2.05) is 36.4 Å². The van der Waals surface area contributed by atoms with Crippen LogP contribution in [0.15, 0.2) is 36.4 Å². The monoisotopic (exact) mass is 383 g/mol. The Balaban J connectivity index is 1.51. The van der Waals surface area contributed by atoms with Gasteiger partial charge in [0.05, 0.1) is 4.88 Å². The lowest BCUT2D eigenvalue weighted by atomic mass is 9.79. The second kappa shape index (κ2) is 7.44. The number of fused-ring (bicyclic) bond motifs is 3. The van der Waals surface area contributed by atoms with Crippen molar-refractivity contribution >= 4 is 28.8 Å². The summed E-state index contributed by atoms with van der Waals surface area (Å²) < 4.78 is 0. The van der Waals surface area contributed by atoms with Crippen LogP contribution in [-0.4, -0.2) is 41.9 Å². The fourth-order valence-electron chi connectivity index (χ4n) is 4.37. The molecule has 2 bridgehead atoms. The summed E-state index contributed by atoms with van der Waals surface area (Å²) in [5.41, 5.74) is 1.71. The van der Waals surface area contributed by atoms with E-state index < -0.39 is 0 Å². The van der Waals surface area contributed by atoms with Crippen molar-refractivity contribution in [2.45, 2.75) is 38.8 Å². The van der Waals surface area contributed by atoms with E-state index in [4.69, 9.17) is 0 Å². The molecule has 2 amide bonds. The molecule has 2 unspecified atom stereocenters. The maximum absolute atomic E-state index is 12.9. The molecular formula is C21H25N3O2S. The smallest absolute Gasteiger partial charge is 0.261 e. The molecule has 1 aromatic carbocycles. The van der Waals surface area contributed by atoms with Crippen molar-refractivity contribution in [3.8, 4) is 10.4 Å².